The molecule has 1 atom stereocenters. The van der Waals surface area contributed by atoms with Gasteiger partial charge in [0, 0.05) is 6.54 Å². The van der Waals surface area contributed by atoms with Crippen LogP contribution < -0.4 is 5.32 Å². The van der Waals surface area contributed by atoms with Crippen molar-refractivity contribution in [2.45, 2.75) is 52.9 Å². The number of hydrogen-bond acceptors (Lipinski definition) is 1. The van der Waals surface area contributed by atoms with Gasteiger partial charge in [0.05, 0.1) is 0 Å². The van der Waals surface area contributed by atoms with Gasteiger partial charge in [0.1, 0.15) is 0 Å². The molecule has 1 nitrogen and oxygen atoms in total. The van der Waals surface area contributed by atoms with Gasteiger partial charge >= 0.3 is 0 Å². The molecular weight excluding hydrogens is 218 g/mol. The Balaban J connectivity index is 2.82. The Morgan fingerprint density at radius 3 is 2.56 bits per heavy atom. The van der Waals surface area contributed by atoms with E-state index in [9.17, 15) is 0 Å². The summed E-state index contributed by atoms with van der Waals surface area (Å²) in [6, 6.07) is 8.98. The highest BCUT2D eigenvalue weighted by molar-refractivity contribution is 5.23. The summed E-state index contributed by atoms with van der Waals surface area (Å²) in [5, 5.41) is 3.40. The number of unbranched alkanes of at least 4 members (excludes halogenated alkanes) is 1. The summed E-state index contributed by atoms with van der Waals surface area (Å²) in [5.41, 5.74) is 3.29. The van der Waals surface area contributed by atoms with Crippen molar-refractivity contribution in [1.82, 2.24) is 5.32 Å². The van der Waals surface area contributed by atoms with Crippen LogP contribution in [0.5, 0.6) is 0 Å². The summed E-state index contributed by atoms with van der Waals surface area (Å²) in [6.07, 6.45) is 6.41. The Kier molecular flexibility index (Phi) is 6.42. The molecular formula is C17H29N. The Bertz CT molecular complexity index is 345. The normalized spacial score (nSPS) is 14.4. The Hall–Kier alpha value is -0.820. The zero-order valence-electron chi connectivity index (χ0n) is 12.6. The summed E-state index contributed by atoms with van der Waals surface area (Å²) in [7, 11) is 2.08. The minimum atomic E-state index is 0.429. The molecule has 1 aromatic rings. The molecule has 1 rings (SSSR count). The van der Waals surface area contributed by atoms with Crippen molar-refractivity contribution in [1.29, 1.82) is 0 Å². The first kappa shape index (κ1) is 15.2. The lowest BCUT2D eigenvalue weighted by molar-refractivity contribution is 0.235. The van der Waals surface area contributed by atoms with Crippen molar-refractivity contribution < 1.29 is 0 Å². The number of hydrogen-bond donors (Lipinski definition) is 1. The van der Waals surface area contributed by atoms with Crippen LogP contribution >= 0.6 is 0 Å². The number of nitrogens with one attached hydrogen (secondary N) is 1. The van der Waals surface area contributed by atoms with Crippen LogP contribution in [-0.2, 0) is 6.42 Å². The molecule has 1 N–H and O–H groups in total. The van der Waals surface area contributed by atoms with Crippen LogP contribution in [0.25, 0.3) is 0 Å². The second kappa shape index (κ2) is 7.58. The van der Waals surface area contributed by atoms with E-state index in [4.69, 9.17) is 0 Å². The Labute approximate surface area is 113 Å². The van der Waals surface area contributed by atoms with Gasteiger partial charge in [0.2, 0.25) is 0 Å². The zero-order valence-corrected chi connectivity index (χ0v) is 12.6. The molecule has 0 aliphatic rings. The first-order valence-corrected chi connectivity index (χ1v) is 7.36. The highest BCUT2D eigenvalue weighted by Gasteiger charge is 2.27. The third-order valence-corrected chi connectivity index (χ3v) is 4.02. The number of rotatable bonds is 8. The molecule has 102 valence electrons. The lowest BCUT2D eigenvalue weighted by atomic mass is 9.75. The van der Waals surface area contributed by atoms with Gasteiger partial charge in [-0.15, -0.1) is 0 Å². The van der Waals surface area contributed by atoms with Crippen LogP contribution in [0.15, 0.2) is 24.3 Å². The summed E-state index contributed by atoms with van der Waals surface area (Å²) in [4.78, 5) is 0. The molecule has 0 bridgehead atoms. The van der Waals surface area contributed by atoms with E-state index >= 15 is 0 Å². The molecule has 1 aromatic carbocycles. The van der Waals surface area contributed by atoms with Crippen LogP contribution in [0.4, 0.5) is 0 Å². The smallest absolute Gasteiger partial charge is 0.000789 e. The van der Waals surface area contributed by atoms with Crippen LogP contribution in [-0.4, -0.2) is 13.6 Å². The lowest BCUT2D eigenvalue weighted by Gasteiger charge is -2.33. The molecule has 0 radical (unpaired) electrons. The highest BCUT2D eigenvalue weighted by Crippen LogP contribution is 2.32. The van der Waals surface area contributed by atoms with Gasteiger partial charge < -0.3 is 5.32 Å². The van der Waals surface area contributed by atoms with E-state index in [1.54, 1.807) is 0 Å². The maximum Gasteiger partial charge on any atom is 0.000789 e. The third-order valence-electron chi connectivity index (χ3n) is 4.02. The van der Waals surface area contributed by atoms with Gasteiger partial charge in [-0.05, 0) is 44.2 Å². The molecule has 0 fully saturated rings. The fraction of sp³-hybridized carbons (Fsp3) is 0.647. The third kappa shape index (κ3) is 4.45. The van der Waals surface area contributed by atoms with Crippen LogP contribution in [0.3, 0.4) is 0 Å². The average molecular weight is 247 g/mol. The molecule has 0 aliphatic heterocycles. The molecule has 0 amide bonds. The molecule has 18 heavy (non-hydrogen) atoms. The van der Waals surface area contributed by atoms with Gasteiger partial charge in [-0.3, -0.25) is 0 Å². The molecule has 1 unspecified atom stereocenters. The van der Waals surface area contributed by atoms with E-state index in [2.05, 4.69) is 57.4 Å². The summed E-state index contributed by atoms with van der Waals surface area (Å²) >= 11 is 0. The zero-order chi connectivity index (χ0) is 13.4. The molecule has 0 spiro atoms. The fourth-order valence-electron chi connectivity index (χ4n) is 2.85. The van der Waals surface area contributed by atoms with Crippen LogP contribution in [0.1, 0.15) is 50.7 Å². The Morgan fingerprint density at radius 2 is 2.00 bits per heavy atom. The monoisotopic (exact) mass is 247 g/mol. The minimum Gasteiger partial charge on any atom is -0.319 e. The SMILES string of the molecule is CCCCC(CC)(CNC)Cc1cccc(C)c1. The van der Waals surface area contributed by atoms with E-state index in [0.717, 1.165) is 6.54 Å². The highest BCUT2D eigenvalue weighted by atomic mass is 14.8. The molecule has 0 aromatic heterocycles. The lowest BCUT2D eigenvalue weighted by Crippen LogP contribution is -2.34. The first-order valence-electron chi connectivity index (χ1n) is 7.36. The van der Waals surface area contributed by atoms with Crippen molar-refractivity contribution in [3.8, 4) is 0 Å². The summed E-state index contributed by atoms with van der Waals surface area (Å²) in [6.45, 7) is 7.92. The first-order chi connectivity index (χ1) is 8.65. The predicted molar refractivity (Wildman–Crippen MR) is 81.1 cm³/mol. The van der Waals surface area contributed by atoms with Gasteiger partial charge in [0.15, 0.2) is 0 Å². The van der Waals surface area contributed by atoms with Crippen molar-refractivity contribution in [3.63, 3.8) is 0 Å². The quantitative estimate of drug-likeness (QED) is 0.720. The van der Waals surface area contributed by atoms with Gasteiger partial charge in [-0.2, -0.15) is 0 Å². The summed E-state index contributed by atoms with van der Waals surface area (Å²) in [5.74, 6) is 0. The Morgan fingerprint density at radius 1 is 1.22 bits per heavy atom. The fourth-order valence-corrected chi connectivity index (χ4v) is 2.85. The van der Waals surface area contributed by atoms with Crippen molar-refractivity contribution in [2.75, 3.05) is 13.6 Å². The van der Waals surface area contributed by atoms with Gasteiger partial charge in [-0.25, -0.2) is 0 Å². The van der Waals surface area contributed by atoms with E-state index in [0.29, 0.717) is 5.41 Å². The molecule has 0 saturated carbocycles. The van der Waals surface area contributed by atoms with E-state index < -0.39 is 0 Å². The minimum absolute atomic E-state index is 0.429. The predicted octanol–water partition coefficient (Wildman–Crippen LogP) is 4.34. The molecule has 0 heterocycles. The van der Waals surface area contributed by atoms with Crippen molar-refractivity contribution >= 4 is 0 Å². The number of benzene rings is 1. The van der Waals surface area contributed by atoms with Gasteiger partial charge in [0.25, 0.3) is 0 Å². The van der Waals surface area contributed by atoms with E-state index in [-0.39, 0.29) is 0 Å². The topological polar surface area (TPSA) is 12.0 Å². The van der Waals surface area contributed by atoms with Gasteiger partial charge in [-0.1, -0.05) is 56.5 Å². The largest absolute Gasteiger partial charge is 0.319 e. The number of aryl methyl sites for hydroxylation is 1. The van der Waals surface area contributed by atoms with Crippen LogP contribution in [0, 0.1) is 12.3 Å². The maximum atomic E-state index is 3.40. The van der Waals surface area contributed by atoms with E-state index in [1.807, 2.05) is 0 Å². The van der Waals surface area contributed by atoms with Crippen molar-refractivity contribution in [2.24, 2.45) is 5.41 Å². The molecule has 1 heteroatoms. The van der Waals surface area contributed by atoms with Crippen LogP contribution in [0.2, 0.25) is 0 Å². The van der Waals surface area contributed by atoms with Crippen molar-refractivity contribution in [3.05, 3.63) is 35.4 Å². The molecule has 0 saturated heterocycles. The van der Waals surface area contributed by atoms with E-state index in [1.165, 1.54) is 43.2 Å². The molecule has 0 aliphatic carbocycles. The second-order valence-corrected chi connectivity index (χ2v) is 5.65. The average Bonchev–Trinajstić information content (AvgIpc) is 2.36. The standard InChI is InChI=1S/C17H29N/c1-5-7-11-17(6-2,14-18-4)13-16-10-8-9-15(3)12-16/h8-10,12,18H,5-7,11,13-14H2,1-4H3. The summed E-state index contributed by atoms with van der Waals surface area (Å²) < 4.78 is 0. The second-order valence-electron chi connectivity index (χ2n) is 5.65. The maximum absolute atomic E-state index is 3.40.